The first-order valence-electron chi connectivity index (χ1n) is 8.16. The van der Waals surface area contributed by atoms with Gasteiger partial charge >= 0.3 is 0 Å². The molecule has 0 amide bonds. The molecule has 1 aliphatic rings. The van der Waals surface area contributed by atoms with Crippen LogP contribution >= 0.6 is 0 Å². The van der Waals surface area contributed by atoms with Gasteiger partial charge in [-0.1, -0.05) is 0 Å². The molecule has 3 aromatic rings. The largest absolute Gasteiger partial charge is 0.368 e. The molecule has 1 fully saturated rings. The van der Waals surface area contributed by atoms with Crippen LogP contribution in [0.3, 0.4) is 0 Å². The number of nitrogens with zero attached hydrogens (tertiary/aromatic N) is 4. The molecular weight excluding hydrogens is 328 g/mol. The number of ether oxygens (including phenoxy) is 1. The van der Waals surface area contributed by atoms with E-state index in [1.165, 1.54) is 6.33 Å². The number of imidazole rings is 1. The molecule has 8 heteroatoms. The van der Waals surface area contributed by atoms with Gasteiger partial charge in [0.05, 0.1) is 11.6 Å². The third kappa shape index (κ3) is 2.82. The summed E-state index contributed by atoms with van der Waals surface area (Å²) in [6.45, 7) is 3.42. The maximum atomic E-state index is 13.6. The molecular formula is C17H17F2N5O. The Hall–Kier alpha value is -2.61. The van der Waals surface area contributed by atoms with Gasteiger partial charge in [-0.25, -0.2) is 23.7 Å². The van der Waals surface area contributed by atoms with Crippen LogP contribution in [0.25, 0.3) is 10.9 Å². The van der Waals surface area contributed by atoms with E-state index in [1.54, 1.807) is 6.20 Å². The van der Waals surface area contributed by atoms with Crippen molar-refractivity contribution < 1.29 is 13.5 Å². The molecule has 0 saturated carbocycles. The maximum Gasteiger partial charge on any atom is 0.161 e. The van der Waals surface area contributed by atoms with E-state index in [0.29, 0.717) is 23.3 Å². The van der Waals surface area contributed by atoms with E-state index >= 15 is 0 Å². The van der Waals surface area contributed by atoms with Crippen LogP contribution in [0.5, 0.6) is 0 Å². The molecule has 0 bridgehead atoms. The van der Waals surface area contributed by atoms with Crippen molar-refractivity contribution in [3.63, 3.8) is 0 Å². The van der Waals surface area contributed by atoms with Crippen LogP contribution in [-0.2, 0) is 11.3 Å². The quantitative estimate of drug-likeness (QED) is 0.787. The minimum absolute atomic E-state index is 0.0704. The van der Waals surface area contributed by atoms with Crippen LogP contribution in [0.1, 0.15) is 25.3 Å². The molecule has 25 heavy (non-hydrogen) atoms. The molecule has 130 valence electrons. The van der Waals surface area contributed by atoms with E-state index in [2.05, 4.69) is 20.3 Å². The molecule has 0 unspecified atom stereocenters. The summed E-state index contributed by atoms with van der Waals surface area (Å²) < 4.78 is 35.0. The molecule has 0 aliphatic carbocycles. The fourth-order valence-electron chi connectivity index (χ4n) is 3.18. The van der Waals surface area contributed by atoms with Gasteiger partial charge in [-0.3, -0.25) is 0 Å². The first-order valence-corrected chi connectivity index (χ1v) is 8.16. The van der Waals surface area contributed by atoms with E-state index in [9.17, 15) is 8.78 Å². The fraction of sp³-hybridized carbons (Fsp3) is 0.353. The number of benzene rings is 1. The van der Waals surface area contributed by atoms with Gasteiger partial charge in [0, 0.05) is 37.0 Å². The highest BCUT2D eigenvalue weighted by Gasteiger charge is 2.33. The lowest BCUT2D eigenvalue weighted by molar-refractivity contribution is 0.0976. The molecule has 1 aliphatic heterocycles. The molecule has 1 saturated heterocycles. The summed E-state index contributed by atoms with van der Waals surface area (Å²) in [6, 6.07) is 2.12. The standard InChI is InChI=1S/C17H17F2N5O/c1-2-24-5-4-20-17(24)15-13(3-6-25-15)23-16-10-7-11(18)12(19)8-14(10)21-9-22-16/h4-5,7-9,13,15H,2-3,6H2,1H3,(H,21,22,23)/t13-,15-/m0/s1. The highest BCUT2D eigenvalue weighted by Crippen LogP contribution is 2.32. The van der Waals surface area contributed by atoms with Gasteiger partial charge in [-0.2, -0.15) is 0 Å². The number of rotatable bonds is 4. The van der Waals surface area contributed by atoms with Crippen molar-refractivity contribution in [2.45, 2.75) is 32.0 Å². The summed E-state index contributed by atoms with van der Waals surface area (Å²) in [5.41, 5.74) is 0.349. The number of nitrogens with one attached hydrogen (secondary N) is 1. The maximum absolute atomic E-state index is 13.6. The zero-order chi connectivity index (χ0) is 17.4. The van der Waals surface area contributed by atoms with Crippen molar-refractivity contribution in [3.05, 3.63) is 48.3 Å². The van der Waals surface area contributed by atoms with Gasteiger partial charge in [-0.15, -0.1) is 0 Å². The van der Waals surface area contributed by atoms with E-state index in [1.807, 2.05) is 17.7 Å². The highest BCUT2D eigenvalue weighted by molar-refractivity contribution is 5.89. The summed E-state index contributed by atoms with van der Waals surface area (Å²) >= 11 is 0. The monoisotopic (exact) mass is 345 g/mol. The van der Waals surface area contributed by atoms with Crippen molar-refractivity contribution in [2.75, 3.05) is 11.9 Å². The summed E-state index contributed by atoms with van der Waals surface area (Å²) in [5.74, 6) is -0.553. The minimum Gasteiger partial charge on any atom is -0.368 e. The summed E-state index contributed by atoms with van der Waals surface area (Å²) in [7, 11) is 0. The van der Waals surface area contributed by atoms with Crippen LogP contribution in [0.15, 0.2) is 30.9 Å². The molecule has 3 heterocycles. The van der Waals surface area contributed by atoms with Gasteiger partial charge < -0.3 is 14.6 Å². The molecule has 2 aromatic heterocycles. The van der Waals surface area contributed by atoms with Gasteiger partial charge in [0.15, 0.2) is 11.6 Å². The third-order valence-corrected chi connectivity index (χ3v) is 4.43. The number of halogens is 2. The molecule has 2 atom stereocenters. The first kappa shape index (κ1) is 15.9. The molecule has 6 nitrogen and oxygen atoms in total. The van der Waals surface area contributed by atoms with Crippen LogP contribution in [0.2, 0.25) is 0 Å². The Bertz CT molecular complexity index is 913. The predicted molar refractivity (Wildman–Crippen MR) is 88.1 cm³/mol. The fourth-order valence-corrected chi connectivity index (χ4v) is 3.18. The molecule has 0 radical (unpaired) electrons. The Kier molecular flexibility index (Phi) is 4.04. The number of fused-ring (bicyclic) bond motifs is 1. The number of hydrogen-bond acceptors (Lipinski definition) is 5. The van der Waals surface area contributed by atoms with E-state index in [0.717, 1.165) is 30.9 Å². The van der Waals surface area contributed by atoms with E-state index < -0.39 is 11.6 Å². The Balaban J connectivity index is 1.67. The van der Waals surface area contributed by atoms with Crippen molar-refractivity contribution >= 4 is 16.7 Å². The zero-order valence-corrected chi connectivity index (χ0v) is 13.6. The number of anilines is 1. The molecule has 4 rings (SSSR count). The Morgan fingerprint density at radius 3 is 2.92 bits per heavy atom. The molecule has 1 aromatic carbocycles. The Morgan fingerprint density at radius 1 is 1.24 bits per heavy atom. The van der Waals surface area contributed by atoms with Crippen LogP contribution in [-0.4, -0.2) is 32.2 Å². The Labute approximate surface area is 142 Å². The van der Waals surface area contributed by atoms with Crippen molar-refractivity contribution in [2.24, 2.45) is 0 Å². The smallest absolute Gasteiger partial charge is 0.161 e. The van der Waals surface area contributed by atoms with Crippen LogP contribution in [0, 0.1) is 11.6 Å². The van der Waals surface area contributed by atoms with Gasteiger partial charge in [0.1, 0.15) is 24.1 Å². The Morgan fingerprint density at radius 2 is 2.08 bits per heavy atom. The van der Waals surface area contributed by atoms with E-state index in [4.69, 9.17) is 4.74 Å². The highest BCUT2D eigenvalue weighted by atomic mass is 19.2. The summed E-state index contributed by atoms with van der Waals surface area (Å²) in [6.07, 6.45) is 5.52. The van der Waals surface area contributed by atoms with E-state index in [-0.39, 0.29) is 12.1 Å². The second kappa shape index (κ2) is 6.36. The van der Waals surface area contributed by atoms with Gasteiger partial charge in [-0.05, 0) is 19.4 Å². The van der Waals surface area contributed by atoms with Crippen LogP contribution in [0.4, 0.5) is 14.6 Å². The molecule has 0 spiro atoms. The van der Waals surface area contributed by atoms with Crippen molar-refractivity contribution in [1.82, 2.24) is 19.5 Å². The number of aryl methyl sites for hydroxylation is 1. The van der Waals surface area contributed by atoms with Crippen molar-refractivity contribution in [3.8, 4) is 0 Å². The lowest BCUT2D eigenvalue weighted by Crippen LogP contribution is -2.26. The number of aromatic nitrogens is 4. The predicted octanol–water partition coefficient (Wildman–Crippen LogP) is 3.07. The SMILES string of the molecule is CCn1ccnc1[C@H]1OCC[C@@H]1Nc1ncnc2cc(F)c(F)cc12. The second-order valence-corrected chi connectivity index (χ2v) is 5.91. The molecule has 1 N–H and O–H groups in total. The normalized spacial score (nSPS) is 20.3. The van der Waals surface area contributed by atoms with Crippen molar-refractivity contribution in [1.29, 1.82) is 0 Å². The third-order valence-electron chi connectivity index (χ3n) is 4.43. The lowest BCUT2D eigenvalue weighted by atomic mass is 10.1. The first-order chi connectivity index (χ1) is 12.2. The zero-order valence-electron chi connectivity index (χ0n) is 13.6. The van der Waals surface area contributed by atoms with Crippen LogP contribution < -0.4 is 5.32 Å². The average molecular weight is 345 g/mol. The lowest BCUT2D eigenvalue weighted by Gasteiger charge is -2.21. The number of hydrogen-bond donors (Lipinski definition) is 1. The summed E-state index contributed by atoms with van der Waals surface area (Å²) in [4.78, 5) is 12.6. The second-order valence-electron chi connectivity index (χ2n) is 5.91. The topological polar surface area (TPSA) is 64.9 Å². The van der Waals surface area contributed by atoms with Gasteiger partial charge in [0.2, 0.25) is 0 Å². The van der Waals surface area contributed by atoms with Gasteiger partial charge in [0.25, 0.3) is 0 Å². The summed E-state index contributed by atoms with van der Waals surface area (Å²) in [5, 5.41) is 3.74. The average Bonchev–Trinajstić information content (AvgIpc) is 3.25. The minimum atomic E-state index is -0.927.